The lowest BCUT2D eigenvalue weighted by Gasteiger charge is -2.28. The van der Waals surface area contributed by atoms with Crippen LogP contribution in [0.2, 0.25) is 0 Å². The second kappa shape index (κ2) is 4.92. The first-order valence-electron chi connectivity index (χ1n) is 4.90. The van der Waals surface area contributed by atoms with Gasteiger partial charge in [0.2, 0.25) is 0 Å². The van der Waals surface area contributed by atoms with E-state index in [1.165, 1.54) is 5.56 Å². The normalized spacial score (nSPS) is 25.9. The molecule has 0 unspecified atom stereocenters. The molecule has 0 atom stereocenters. The van der Waals surface area contributed by atoms with Crippen molar-refractivity contribution in [2.75, 3.05) is 13.1 Å². The van der Waals surface area contributed by atoms with Crippen molar-refractivity contribution >= 4 is 22.6 Å². The SMILES string of the molecule is N#Cc1ccc(C2NCC(I)CN2)cc1. The summed E-state index contributed by atoms with van der Waals surface area (Å²) in [5.74, 6) is 0. The molecule has 1 aromatic carbocycles. The van der Waals surface area contributed by atoms with Gasteiger partial charge in [0.1, 0.15) is 0 Å². The Morgan fingerprint density at radius 1 is 1.20 bits per heavy atom. The van der Waals surface area contributed by atoms with Gasteiger partial charge in [-0.1, -0.05) is 34.7 Å². The molecule has 0 saturated carbocycles. The van der Waals surface area contributed by atoms with Gasteiger partial charge < -0.3 is 0 Å². The molecule has 0 radical (unpaired) electrons. The fourth-order valence-electron chi connectivity index (χ4n) is 1.62. The van der Waals surface area contributed by atoms with Gasteiger partial charge in [0.05, 0.1) is 17.8 Å². The topological polar surface area (TPSA) is 47.9 Å². The fourth-order valence-corrected chi connectivity index (χ4v) is 2.13. The summed E-state index contributed by atoms with van der Waals surface area (Å²) in [7, 11) is 0. The Labute approximate surface area is 103 Å². The van der Waals surface area contributed by atoms with Gasteiger partial charge >= 0.3 is 0 Å². The molecule has 0 bridgehead atoms. The van der Waals surface area contributed by atoms with Crippen LogP contribution in [0.4, 0.5) is 0 Å². The van der Waals surface area contributed by atoms with Gasteiger partial charge in [-0.05, 0) is 17.7 Å². The minimum Gasteiger partial charge on any atom is -0.297 e. The van der Waals surface area contributed by atoms with E-state index in [1.807, 2.05) is 24.3 Å². The van der Waals surface area contributed by atoms with Crippen molar-refractivity contribution in [1.29, 1.82) is 5.26 Å². The molecule has 3 nitrogen and oxygen atoms in total. The van der Waals surface area contributed by atoms with E-state index in [2.05, 4.69) is 39.3 Å². The number of alkyl halides is 1. The smallest absolute Gasteiger partial charge is 0.0991 e. The van der Waals surface area contributed by atoms with E-state index in [9.17, 15) is 0 Å². The maximum atomic E-state index is 8.69. The lowest BCUT2D eigenvalue weighted by Crippen LogP contribution is -2.47. The number of hydrogen-bond donors (Lipinski definition) is 2. The van der Waals surface area contributed by atoms with E-state index in [0.717, 1.165) is 13.1 Å². The summed E-state index contributed by atoms with van der Waals surface area (Å²) in [6.07, 6.45) is 0.226. The number of benzene rings is 1. The second-order valence-electron chi connectivity index (χ2n) is 3.58. The zero-order valence-electron chi connectivity index (χ0n) is 8.20. The van der Waals surface area contributed by atoms with Crippen LogP contribution in [0.5, 0.6) is 0 Å². The summed E-state index contributed by atoms with van der Waals surface area (Å²) in [4.78, 5) is 0. The van der Waals surface area contributed by atoms with Gasteiger partial charge in [0, 0.05) is 17.0 Å². The van der Waals surface area contributed by atoms with Gasteiger partial charge in [-0.2, -0.15) is 5.26 Å². The minimum absolute atomic E-state index is 0.226. The molecule has 78 valence electrons. The summed E-state index contributed by atoms with van der Waals surface area (Å²) >= 11 is 2.43. The van der Waals surface area contributed by atoms with Crippen LogP contribution >= 0.6 is 22.6 Å². The number of nitriles is 1. The first-order valence-corrected chi connectivity index (χ1v) is 6.15. The second-order valence-corrected chi connectivity index (χ2v) is 5.34. The largest absolute Gasteiger partial charge is 0.297 e. The first-order chi connectivity index (χ1) is 7.29. The number of hydrogen-bond acceptors (Lipinski definition) is 3. The molecule has 4 heteroatoms. The highest BCUT2D eigenvalue weighted by molar-refractivity contribution is 14.1. The molecule has 0 aliphatic carbocycles. The summed E-state index contributed by atoms with van der Waals surface area (Å²) in [6, 6.07) is 9.83. The molecule has 1 heterocycles. The standard InChI is InChI=1S/C11H12IN3/c12-10-6-14-11(15-7-10)9-3-1-8(5-13)2-4-9/h1-4,10-11,14-15H,6-7H2. The molecular weight excluding hydrogens is 301 g/mol. The molecule has 2 N–H and O–H groups in total. The van der Waals surface area contributed by atoms with E-state index in [1.54, 1.807) is 0 Å². The van der Waals surface area contributed by atoms with Crippen molar-refractivity contribution in [3.63, 3.8) is 0 Å². The van der Waals surface area contributed by atoms with Crippen LogP contribution in [0.25, 0.3) is 0 Å². The van der Waals surface area contributed by atoms with Crippen molar-refractivity contribution in [2.45, 2.75) is 10.1 Å². The lowest BCUT2D eigenvalue weighted by atomic mass is 10.1. The van der Waals surface area contributed by atoms with Gasteiger partial charge in [-0.25, -0.2) is 0 Å². The van der Waals surface area contributed by atoms with Crippen LogP contribution in [-0.4, -0.2) is 17.0 Å². The maximum absolute atomic E-state index is 8.69. The molecule has 1 aliphatic rings. The average Bonchev–Trinajstić information content (AvgIpc) is 2.30. The molecule has 0 spiro atoms. The predicted molar refractivity (Wildman–Crippen MR) is 67.7 cm³/mol. The average molecular weight is 313 g/mol. The first kappa shape index (κ1) is 10.9. The Morgan fingerprint density at radius 2 is 1.80 bits per heavy atom. The highest BCUT2D eigenvalue weighted by Crippen LogP contribution is 2.15. The van der Waals surface area contributed by atoms with Crippen molar-refractivity contribution < 1.29 is 0 Å². The Kier molecular flexibility index (Phi) is 3.57. The summed E-state index contributed by atoms with van der Waals surface area (Å²) in [5.41, 5.74) is 1.90. The summed E-state index contributed by atoms with van der Waals surface area (Å²) in [6.45, 7) is 2.05. The zero-order chi connectivity index (χ0) is 10.7. The molecule has 1 saturated heterocycles. The van der Waals surface area contributed by atoms with E-state index >= 15 is 0 Å². The molecule has 2 rings (SSSR count). The third-order valence-corrected chi connectivity index (χ3v) is 3.34. The highest BCUT2D eigenvalue weighted by Gasteiger charge is 2.18. The monoisotopic (exact) mass is 313 g/mol. The van der Waals surface area contributed by atoms with E-state index < -0.39 is 0 Å². The van der Waals surface area contributed by atoms with Gasteiger partial charge in [-0.15, -0.1) is 0 Å². The highest BCUT2D eigenvalue weighted by atomic mass is 127. The number of nitrogens with one attached hydrogen (secondary N) is 2. The van der Waals surface area contributed by atoms with Crippen LogP contribution in [-0.2, 0) is 0 Å². The Hall–Kier alpha value is -0.640. The molecule has 1 aromatic rings. The summed E-state index contributed by atoms with van der Waals surface area (Å²) in [5, 5.41) is 15.5. The Morgan fingerprint density at radius 3 is 2.33 bits per heavy atom. The molecule has 0 aromatic heterocycles. The van der Waals surface area contributed by atoms with Crippen LogP contribution < -0.4 is 10.6 Å². The van der Waals surface area contributed by atoms with Gasteiger partial charge in [0.15, 0.2) is 0 Å². The van der Waals surface area contributed by atoms with Crippen LogP contribution in [0.1, 0.15) is 17.3 Å². The quantitative estimate of drug-likeness (QED) is 0.611. The maximum Gasteiger partial charge on any atom is 0.0991 e. The minimum atomic E-state index is 0.226. The van der Waals surface area contributed by atoms with Gasteiger partial charge in [0.25, 0.3) is 0 Å². The molecule has 15 heavy (non-hydrogen) atoms. The van der Waals surface area contributed by atoms with E-state index in [0.29, 0.717) is 9.49 Å². The fraction of sp³-hybridized carbons (Fsp3) is 0.364. The zero-order valence-corrected chi connectivity index (χ0v) is 10.4. The van der Waals surface area contributed by atoms with E-state index in [4.69, 9.17) is 5.26 Å². The molecule has 1 fully saturated rings. The lowest BCUT2D eigenvalue weighted by molar-refractivity contribution is 0.393. The Balaban J connectivity index is 2.07. The van der Waals surface area contributed by atoms with Crippen molar-refractivity contribution in [3.05, 3.63) is 35.4 Å². The van der Waals surface area contributed by atoms with Crippen LogP contribution in [0.3, 0.4) is 0 Å². The Bertz CT molecular complexity index is 360. The van der Waals surface area contributed by atoms with Crippen molar-refractivity contribution in [1.82, 2.24) is 10.6 Å². The number of nitrogens with zero attached hydrogens (tertiary/aromatic N) is 1. The van der Waals surface area contributed by atoms with Crippen molar-refractivity contribution in [2.24, 2.45) is 0 Å². The van der Waals surface area contributed by atoms with Crippen LogP contribution in [0, 0.1) is 11.3 Å². The number of halogens is 1. The number of rotatable bonds is 1. The molecule has 0 amide bonds. The molecule has 1 aliphatic heterocycles. The molecular formula is C11H12IN3. The van der Waals surface area contributed by atoms with E-state index in [-0.39, 0.29) is 6.17 Å². The van der Waals surface area contributed by atoms with Gasteiger partial charge in [-0.3, -0.25) is 10.6 Å². The third kappa shape index (κ3) is 2.68. The van der Waals surface area contributed by atoms with Crippen LogP contribution in [0.15, 0.2) is 24.3 Å². The predicted octanol–water partition coefficient (Wildman–Crippen LogP) is 1.55. The third-order valence-electron chi connectivity index (χ3n) is 2.46. The van der Waals surface area contributed by atoms with Crippen molar-refractivity contribution in [3.8, 4) is 6.07 Å². The summed E-state index contributed by atoms with van der Waals surface area (Å²) < 4.78 is 0.650.